The molecule has 1 aliphatic heterocycles. The molecule has 0 bridgehead atoms. The zero-order valence-electron chi connectivity index (χ0n) is 15.9. The second kappa shape index (κ2) is 7.00. The van der Waals surface area contributed by atoms with Crippen LogP contribution < -0.4 is 10.1 Å². The number of carbonyl (C=O) groups excluding carboxylic acids is 2. The topological polar surface area (TPSA) is 58.6 Å². The highest BCUT2D eigenvalue weighted by molar-refractivity contribution is 6.09. The molecule has 1 heterocycles. The molecule has 0 unspecified atom stereocenters. The molecule has 1 atom stereocenters. The number of amides is 3. The average Bonchev–Trinajstić information content (AvgIpc) is 2.91. The number of ether oxygens (including phenoxy) is 1. The largest absolute Gasteiger partial charge is 0.492 e. The van der Waals surface area contributed by atoms with Crippen molar-refractivity contribution < 1.29 is 14.3 Å². The van der Waals surface area contributed by atoms with Crippen LogP contribution in [0.2, 0.25) is 0 Å². The van der Waals surface area contributed by atoms with Gasteiger partial charge in [-0.25, -0.2) is 4.79 Å². The number of urea groups is 1. The van der Waals surface area contributed by atoms with Crippen LogP contribution in [0.4, 0.5) is 4.79 Å². The number of nitrogens with zero attached hydrogens (tertiary/aromatic N) is 1. The summed E-state index contributed by atoms with van der Waals surface area (Å²) in [4.78, 5) is 26.9. The van der Waals surface area contributed by atoms with Gasteiger partial charge in [0.15, 0.2) is 0 Å². The first-order chi connectivity index (χ1) is 13.5. The number of benzene rings is 3. The van der Waals surface area contributed by atoms with E-state index >= 15 is 0 Å². The van der Waals surface area contributed by atoms with E-state index in [1.54, 1.807) is 6.92 Å². The molecule has 142 valence electrons. The Kier molecular flexibility index (Phi) is 4.51. The lowest BCUT2D eigenvalue weighted by molar-refractivity contribution is -0.131. The fourth-order valence-electron chi connectivity index (χ4n) is 3.70. The Morgan fingerprint density at radius 2 is 1.75 bits per heavy atom. The minimum atomic E-state index is -1.10. The maximum absolute atomic E-state index is 13.2. The van der Waals surface area contributed by atoms with Gasteiger partial charge >= 0.3 is 6.03 Å². The molecule has 28 heavy (non-hydrogen) atoms. The Labute approximate surface area is 163 Å². The lowest BCUT2D eigenvalue weighted by Gasteiger charge is -2.24. The summed E-state index contributed by atoms with van der Waals surface area (Å²) in [6.07, 6.45) is 0. The maximum atomic E-state index is 13.2. The molecule has 0 spiro atoms. The highest BCUT2D eigenvalue weighted by atomic mass is 16.5. The molecular weight excluding hydrogens is 352 g/mol. The Morgan fingerprint density at radius 3 is 2.57 bits per heavy atom. The number of imide groups is 1. The highest BCUT2D eigenvalue weighted by Gasteiger charge is 2.49. The molecule has 3 amide bonds. The number of rotatable bonds is 5. The quantitative estimate of drug-likeness (QED) is 0.687. The summed E-state index contributed by atoms with van der Waals surface area (Å²) in [7, 11) is 0. The molecule has 5 heteroatoms. The Hall–Kier alpha value is -3.34. The first-order valence-electron chi connectivity index (χ1n) is 9.31. The molecule has 5 nitrogen and oxygen atoms in total. The lowest BCUT2D eigenvalue weighted by atomic mass is 9.88. The number of hydrogen-bond acceptors (Lipinski definition) is 3. The monoisotopic (exact) mass is 374 g/mol. The van der Waals surface area contributed by atoms with Gasteiger partial charge in [-0.1, -0.05) is 54.6 Å². The van der Waals surface area contributed by atoms with Gasteiger partial charge in [-0.3, -0.25) is 9.69 Å². The molecule has 1 fully saturated rings. The van der Waals surface area contributed by atoms with Gasteiger partial charge in [-0.05, 0) is 47.9 Å². The third-order valence-corrected chi connectivity index (χ3v) is 5.18. The SMILES string of the molecule is Cc1cccc(OCCN2C(=O)N[C@](C)(c3cccc4ccccc34)C2=O)c1. The predicted octanol–water partition coefficient (Wildman–Crippen LogP) is 3.99. The number of fused-ring (bicyclic) bond motifs is 1. The van der Waals surface area contributed by atoms with E-state index in [4.69, 9.17) is 4.74 Å². The van der Waals surface area contributed by atoms with Gasteiger partial charge in [0.2, 0.25) is 0 Å². The van der Waals surface area contributed by atoms with Gasteiger partial charge in [0.05, 0.1) is 6.54 Å². The minimum Gasteiger partial charge on any atom is -0.492 e. The van der Waals surface area contributed by atoms with Crippen LogP contribution in [0.1, 0.15) is 18.1 Å². The van der Waals surface area contributed by atoms with Crippen LogP contribution in [0.25, 0.3) is 10.8 Å². The molecule has 3 aromatic carbocycles. The molecule has 4 rings (SSSR count). The van der Waals surface area contributed by atoms with Gasteiger partial charge in [0.25, 0.3) is 5.91 Å². The average molecular weight is 374 g/mol. The Bertz CT molecular complexity index is 1060. The van der Waals surface area contributed by atoms with Crippen molar-refractivity contribution in [1.29, 1.82) is 0 Å². The zero-order chi connectivity index (χ0) is 19.7. The van der Waals surface area contributed by atoms with Crippen LogP contribution >= 0.6 is 0 Å². The van der Waals surface area contributed by atoms with E-state index in [2.05, 4.69) is 5.32 Å². The van der Waals surface area contributed by atoms with Gasteiger partial charge in [-0.2, -0.15) is 0 Å². The molecule has 1 saturated heterocycles. The summed E-state index contributed by atoms with van der Waals surface area (Å²) in [5.74, 6) is 0.463. The number of aryl methyl sites for hydroxylation is 1. The second-order valence-corrected chi connectivity index (χ2v) is 7.20. The van der Waals surface area contributed by atoms with Crippen molar-refractivity contribution in [3.63, 3.8) is 0 Å². The third-order valence-electron chi connectivity index (χ3n) is 5.18. The summed E-state index contributed by atoms with van der Waals surface area (Å²) < 4.78 is 5.72. The first-order valence-corrected chi connectivity index (χ1v) is 9.31. The molecule has 0 saturated carbocycles. The molecule has 1 aliphatic rings. The van der Waals surface area contributed by atoms with Crippen molar-refractivity contribution in [2.45, 2.75) is 19.4 Å². The molecule has 0 radical (unpaired) electrons. The van der Waals surface area contributed by atoms with Gasteiger partial charge in [-0.15, -0.1) is 0 Å². The summed E-state index contributed by atoms with van der Waals surface area (Å²) in [5, 5.41) is 4.87. The van der Waals surface area contributed by atoms with Crippen LogP contribution in [0.5, 0.6) is 5.75 Å². The first kappa shape index (κ1) is 18.0. The zero-order valence-corrected chi connectivity index (χ0v) is 15.9. The van der Waals surface area contributed by atoms with Gasteiger partial charge < -0.3 is 10.1 Å². The van der Waals surface area contributed by atoms with Crippen LogP contribution in [0.3, 0.4) is 0 Å². The summed E-state index contributed by atoms with van der Waals surface area (Å²) >= 11 is 0. The van der Waals surface area contributed by atoms with E-state index in [-0.39, 0.29) is 19.1 Å². The van der Waals surface area contributed by atoms with Crippen molar-refractivity contribution in [2.24, 2.45) is 0 Å². The lowest BCUT2D eigenvalue weighted by Crippen LogP contribution is -2.41. The smallest absolute Gasteiger partial charge is 0.325 e. The summed E-state index contributed by atoms with van der Waals surface area (Å²) in [5.41, 5.74) is 0.795. The summed E-state index contributed by atoms with van der Waals surface area (Å²) in [6, 6.07) is 20.9. The fourth-order valence-corrected chi connectivity index (χ4v) is 3.70. The standard InChI is InChI=1S/C23H22N2O3/c1-16-7-5-10-18(15-16)28-14-13-25-21(26)23(2,24-22(25)27)20-12-6-9-17-8-3-4-11-19(17)20/h3-12,15H,13-14H2,1-2H3,(H,24,27)/t23-/m1/s1. The predicted molar refractivity (Wildman–Crippen MR) is 108 cm³/mol. The molecular formula is C23H22N2O3. The maximum Gasteiger partial charge on any atom is 0.325 e. The van der Waals surface area contributed by atoms with Gasteiger partial charge in [0, 0.05) is 0 Å². The minimum absolute atomic E-state index is 0.193. The van der Waals surface area contributed by atoms with Crippen molar-refractivity contribution in [2.75, 3.05) is 13.2 Å². The normalized spacial score (nSPS) is 19.1. The van der Waals surface area contributed by atoms with Crippen molar-refractivity contribution >= 4 is 22.7 Å². The second-order valence-electron chi connectivity index (χ2n) is 7.20. The molecule has 3 aromatic rings. The Morgan fingerprint density at radius 1 is 1.00 bits per heavy atom. The third kappa shape index (κ3) is 3.09. The Balaban J connectivity index is 1.54. The highest BCUT2D eigenvalue weighted by Crippen LogP contribution is 2.33. The van der Waals surface area contributed by atoms with Crippen LogP contribution in [-0.2, 0) is 10.3 Å². The van der Waals surface area contributed by atoms with Crippen molar-refractivity contribution in [3.8, 4) is 5.75 Å². The summed E-state index contributed by atoms with van der Waals surface area (Å²) in [6.45, 7) is 4.18. The van der Waals surface area contributed by atoms with Crippen molar-refractivity contribution in [1.82, 2.24) is 10.2 Å². The van der Waals surface area contributed by atoms with Gasteiger partial charge in [0.1, 0.15) is 17.9 Å². The van der Waals surface area contributed by atoms with E-state index in [9.17, 15) is 9.59 Å². The van der Waals surface area contributed by atoms with E-state index < -0.39 is 11.6 Å². The molecule has 1 N–H and O–H groups in total. The number of hydrogen-bond donors (Lipinski definition) is 1. The fraction of sp³-hybridized carbons (Fsp3) is 0.217. The molecule has 0 aromatic heterocycles. The molecule has 0 aliphatic carbocycles. The van der Waals surface area contributed by atoms with Crippen molar-refractivity contribution in [3.05, 3.63) is 77.9 Å². The van der Waals surface area contributed by atoms with E-state index in [0.717, 1.165) is 27.6 Å². The van der Waals surface area contributed by atoms with E-state index in [0.29, 0.717) is 0 Å². The van der Waals surface area contributed by atoms with E-state index in [1.165, 1.54) is 4.90 Å². The number of carbonyl (C=O) groups is 2. The number of nitrogens with one attached hydrogen (secondary N) is 1. The van der Waals surface area contributed by atoms with Crippen LogP contribution in [0.15, 0.2) is 66.7 Å². The van der Waals surface area contributed by atoms with Crippen LogP contribution in [-0.4, -0.2) is 30.0 Å². The van der Waals surface area contributed by atoms with Crippen LogP contribution in [0, 0.1) is 6.92 Å². The van der Waals surface area contributed by atoms with E-state index in [1.807, 2.05) is 73.7 Å².